The van der Waals surface area contributed by atoms with Gasteiger partial charge in [0.1, 0.15) is 5.75 Å². The van der Waals surface area contributed by atoms with E-state index in [9.17, 15) is 10.0 Å². The van der Waals surface area contributed by atoms with Crippen molar-refractivity contribution in [1.82, 2.24) is 0 Å². The molecule has 0 aliphatic rings. The van der Waals surface area contributed by atoms with Crippen LogP contribution in [0, 0.1) is 0 Å². The van der Waals surface area contributed by atoms with Gasteiger partial charge in [0.25, 0.3) is 0 Å². The molecule has 0 atom stereocenters. The van der Waals surface area contributed by atoms with E-state index in [2.05, 4.69) is 0 Å². The van der Waals surface area contributed by atoms with Crippen molar-refractivity contribution in [1.29, 1.82) is 0 Å². The molecule has 0 radical (unpaired) electrons. The average molecular weight is 228 g/mol. The second-order valence-electron chi connectivity index (χ2n) is 3.66. The zero-order valence-corrected chi connectivity index (χ0v) is 9.50. The molecule has 0 amide bonds. The summed E-state index contributed by atoms with van der Waals surface area (Å²) >= 11 is 0. The summed E-state index contributed by atoms with van der Waals surface area (Å²) in [5.41, 5.74) is 2.08. The number of hydrogen-bond acceptors (Lipinski definition) is 3. The van der Waals surface area contributed by atoms with Gasteiger partial charge in [0, 0.05) is 5.46 Å². The van der Waals surface area contributed by atoms with E-state index in [0.717, 1.165) is 11.1 Å². The molecular weight excluding hydrogens is 215 g/mol. The molecule has 0 bridgehead atoms. The molecule has 0 aliphatic heterocycles. The van der Waals surface area contributed by atoms with E-state index < -0.39 is 7.12 Å². The number of ether oxygens (including phenoxy) is 1. The molecule has 0 saturated heterocycles. The summed E-state index contributed by atoms with van der Waals surface area (Å²) < 4.78 is 5.15. The van der Waals surface area contributed by atoms with E-state index in [4.69, 9.17) is 4.74 Å². The Bertz CT molecular complexity index is 497. The highest BCUT2D eigenvalue weighted by Gasteiger charge is 2.21. The zero-order valence-electron chi connectivity index (χ0n) is 9.50. The van der Waals surface area contributed by atoms with Crippen LogP contribution in [-0.2, 0) is 0 Å². The van der Waals surface area contributed by atoms with Gasteiger partial charge in [0.15, 0.2) is 0 Å². The molecule has 2 N–H and O–H groups in total. The number of rotatable bonds is 3. The third-order valence-corrected chi connectivity index (χ3v) is 2.63. The fourth-order valence-corrected chi connectivity index (χ4v) is 1.86. The molecule has 2 aromatic rings. The van der Waals surface area contributed by atoms with Gasteiger partial charge in [-0.1, -0.05) is 42.5 Å². The molecule has 0 fully saturated rings. The molecule has 2 aromatic carbocycles. The summed E-state index contributed by atoms with van der Waals surface area (Å²) in [5, 5.41) is 18.9. The maximum absolute atomic E-state index is 9.45. The topological polar surface area (TPSA) is 49.7 Å². The molecule has 0 unspecified atom stereocenters. The SMILES string of the molecule is COc1cccc(-c2ccccc2)c1B(O)O. The van der Waals surface area contributed by atoms with Gasteiger partial charge in [-0.3, -0.25) is 0 Å². The largest absolute Gasteiger partial charge is 0.497 e. The molecule has 0 spiro atoms. The van der Waals surface area contributed by atoms with Crippen LogP contribution in [0.5, 0.6) is 5.75 Å². The number of hydrogen-bond donors (Lipinski definition) is 2. The predicted molar refractivity (Wildman–Crippen MR) is 68.3 cm³/mol. The fourth-order valence-electron chi connectivity index (χ4n) is 1.86. The molecule has 17 heavy (non-hydrogen) atoms. The normalized spacial score (nSPS) is 10.1. The Hall–Kier alpha value is -1.78. The van der Waals surface area contributed by atoms with Crippen LogP contribution in [0.3, 0.4) is 0 Å². The molecule has 0 saturated carbocycles. The summed E-state index contributed by atoms with van der Waals surface area (Å²) in [6.45, 7) is 0. The van der Waals surface area contributed by atoms with Crippen LogP contribution in [0.1, 0.15) is 0 Å². The lowest BCUT2D eigenvalue weighted by Gasteiger charge is -2.13. The van der Waals surface area contributed by atoms with Crippen LogP contribution in [0.15, 0.2) is 48.5 Å². The quantitative estimate of drug-likeness (QED) is 0.771. The van der Waals surface area contributed by atoms with Crippen LogP contribution in [-0.4, -0.2) is 24.3 Å². The Morgan fingerprint density at radius 1 is 0.941 bits per heavy atom. The lowest BCUT2D eigenvalue weighted by atomic mass is 9.74. The zero-order chi connectivity index (χ0) is 12.3. The summed E-state index contributed by atoms with van der Waals surface area (Å²) in [5.74, 6) is 0.473. The monoisotopic (exact) mass is 228 g/mol. The molecule has 2 rings (SSSR count). The first-order valence-corrected chi connectivity index (χ1v) is 5.32. The van der Waals surface area contributed by atoms with Crippen LogP contribution in [0.2, 0.25) is 0 Å². The highest BCUT2D eigenvalue weighted by molar-refractivity contribution is 6.61. The molecular formula is C13H13BO3. The maximum Gasteiger partial charge on any atom is 0.492 e. The number of methoxy groups -OCH3 is 1. The van der Waals surface area contributed by atoms with Gasteiger partial charge in [-0.2, -0.15) is 0 Å². The van der Waals surface area contributed by atoms with Crippen molar-refractivity contribution in [3.05, 3.63) is 48.5 Å². The maximum atomic E-state index is 9.45. The van der Waals surface area contributed by atoms with E-state index in [1.165, 1.54) is 7.11 Å². The minimum atomic E-state index is -1.55. The average Bonchev–Trinajstić information content (AvgIpc) is 2.38. The van der Waals surface area contributed by atoms with Gasteiger partial charge < -0.3 is 14.8 Å². The fraction of sp³-hybridized carbons (Fsp3) is 0.0769. The van der Waals surface area contributed by atoms with Gasteiger partial charge in [0.05, 0.1) is 7.11 Å². The third-order valence-electron chi connectivity index (χ3n) is 2.63. The van der Waals surface area contributed by atoms with Gasteiger partial charge >= 0.3 is 7.12 Å². The second-order valence-corrected chi connectivity index (χ2v) is 3.66. The molecule has 86 valence electrons. The van der Waals surface area contributed by atoms with E-state index in [-0.39, 0.29) is 0 Å². The molecule has 0 heterocycles. The standard InChI is InChI=1S/C13H13BO3/c1-17-12-9-5-8-11(13(12)14(15)16)10-6-3-2-4-7-10/h2-9,15-16H,1H3. The van der Waals surface area contributed by atoms with Crippen LogP contribution in [0.4, 0.5) is 0 Å². The first-order chi connectivity index (χ1) is 8.24. The van der Waals surface area contributed by atoms with Crippen LogP contribution < -0.4 is 10.2 Å². The summed E-state index contributed by atoms with van der Waals surface area (Å²) in [4.78, 5) is 0. The molecule has 0 aromatic heterocycles. The van der Waals surface area contributed by atoms with E-state index >= 15 is 0 Å². The molecule has 4 heteroatoms. The van der Waals surface area contributed by atoms with Crippen molar-refractivity contribution in [2.75, 3.05) is 7.11 Å². The van der Waals surface area contributed by atoms with Crippen LogP contribution >= 0.6 is 0 Å². The Balaban J connectivity index is 2.62. The van der Waals surface area contributed by atoms with Crippen molar-refractivity contribution in [2.45, 2.75) is 0 Å². The highest BCUT2D eigenvalue weighted by atomic mass is 16.5. The minimum Gasteiger partial charge on any atom is -0.497 e. The van der Waals surface area contributed by atoms with E-state index in [1.54, 1.807) is 6.07 Å². The molecule has 0 aliphatic carbocycles. The van der Waals surface area contributed by atoms with Crippen molar-refractivity contribution < 1.29 is 14.8 Å². The summed E-state index contributed by atoms with van der Waals surface area (Å²) in [7, 11) is -0.0444. The Morgan fingerprint density at radius 2 is 1.65 bits per heavy atom. The lowest BCUT2D eigenvalue weighted by molar-refractivity contribution is 0.403. The Labute approximate surface area is 100 Å². The van der Waals surface area contributed by atoms with Gasteiger partial charge in [0.2, 0.25) is 0 Å². The summed E-state index contributed by atoms with van der Waals surface area (Å²) in [6, 6.07) is 14.9. The van der Waals surface area contributed by atoms with Crippen molar-refractivity contribution in [2.24, 2.45) is 0 Å². The second kappa shape index (κ2) is 5.04. The first-order valence-electron chi connectivity index (χ1n) is 5.32. The van der Waals surface area contributed by atoms with E-state index in [0.29, 0.717) is 11.2 Å². The first kappa shape index (κ1) is 11.7. The predicted octanol–water partition coefficient (Wildman–Crippen LogP) is 1.04. The number of benzene rings is 2. The summed E-state index contributed by atoms with van der Waals surface area (Å²) in [6.07, 6.45) is 0. The van der Waals surface area contributed by atoms with Gasteiger partial charge in [-0.05, 0) is 17.2 Å². The van der Waals surface area contributed by atoms with Crippen molar-refractivity contribution >= 4 is 12.6 Å². The van der Waals surface area contributed by atoms with Crippen molar-refractivity contribution in [3.8, 4) is 16.9 Å². The van der Waals surface area contributed by atoms with E-state index in [1.807, 2.05) is 42.5 Å². The van der Waals surface area contributed by atoms with Gasteiger partial charge in [-0.15, -0.1) is 0 Å². The molecule has 3 nitrogen and oxygen atoms in total. The lowest BCUT2D eigenvalue weighted by Crippen LogP contribution is -2.33. The highest BCUT2D eigenvalue weighted by Crippen LogP contribution is 2.21. The Morgan fingerprint density at radius 3 is 2.24 bits per heavy atom. The van der Waals surface area contributed by atoms with Gasteiger partial charge in [-0.25, -0.2) is 0 Å². The smallest absolute Gasteiger partial charge is 0.492 e. The van der Waals surface area contributed by atoms with Crippen LogP contribution in [0.25, 0.3) is 11.1 Å². The minimum absolute atomic E-state index is 0.390. The Kier molecular flexibility index (Phi) is 3.47. The van der Waals surface area contributed by atoms with Crippen molar-refractivity contribution in [3.63, 3.8) is 0 Å². The third kappa shape index (κ3) is 2.33.